The van der Waals surface area contributed by atoms with Gasteiger partial charge in [-0.15, -0.1) is 5.10 Å². The van der Waals surface area contributed by atoms with Gasteiger partial charge in [0.1, 0.15) is 0 Å². The molecule has 1 heterocycles. The number of amides is 1. The van der Waals surface area contributed by atoms with Crippen LogP contribution in [0.3, 0.4) is 0 Å². The van der Waals surface area contributed by atoms with Gasteiger partial charge in [-0.25, -0.2) is 0 Å². The van der Waals surface area contributed by atoms with Crippen molar-refractivity contribution in [3.63, 3.8) is 0 Å². The highest BCUT2D eigenvalue weighted by molar-refractivity contribution is 5.91. The fraction of sp³-hybridized carbons (Fsp3) is 0.700. The van der Waals surface area contributed by atoms with Gasteiger partial charge in [-0.3, -0.25) is 9.48 Å². The molecule has 3 N–H and O–H groups in total. The Morgan fingerprint density at radius 2 is 2.35 bits per heavy atom. The van der Waals surface area contributed by atoms with Crippen molar-refractivity contribution in [1.82, 2.24) is 25.2 Å². The van der Waals surface area contributed by atoms with E-state index in [-0.39, 0.29) is 5.91 Å². The lowest BCUT2D eigenvalue weighted by Crippen LogP contribution is -2.27. The smallest absolute Gasteiger partial charge is 0.273 e. The molecular formula is C10H20N6O. The molecule has 0 bridgehead atoms. The molecule has 0 aliphatic heterocycles. The Hall–Kier alpha value is -1.47. The number of rotatable bonds is 7. The van der Waals surface area contributed by atoms with Crippen LogP contribution < -0.4 is 11.1 Å². The second kappa shape index (κ2) is 6.97. The van der Waals surface area contributed by atoms with Crippen LogP contribution in [0.4, 0.5) is 0 Å². The molecule has 0 aromatic carbocycles. The first-order valence-corrected chi connectivity index (χ1v) is 5.66. The van der Waals surface area contributed by atoms with E-state index in [0.717, 1.165) is 13.0 Å². The lowest BCUT2D eigenvalue weighted by atomic mass is 10.3. The van der Waals surface area contributed by atoms with Crippen LogP contribution in [-0.2, 0) is 6.54 Å². The maximum atomic E-state index is 11.6. The Bertz CT molecular complexity index is 348. The highest BCUT2D eigenvalue weighted by atomic mass is 16.2. The van der Waals surface area contributed by atoms with Crippen molar-refractivity contribution >= 4 is 5.91 Å². The number of nitrogens with zero attached hydrogens (tertiary/aromatic N) is 4. The summed E-state index contributed by atoms with van der Waals surface area (Å²) < 4.78 is 1.56. The van der Waals surface area contributed by atoms with Crippen LogP contribution in [0.15, 0.2) is 6.20 Å². The summed E-state index contributed by atoms with van der Waals surface area (Å²) in [6, 6.07) is 0. The third-order valence-corrected chi connectivity index (χ3v) is 2.20. The van der Waals surface area contributed by atoms with Crippen LogP contribution in [-0.4, -0.2) is 59.5 Å². The van der Waals surface area contributed by atoms with Crippen molar-refractivity contribution in [2.24, 2.45) is 5.73 Å². The number of aromatic nitrogens is 3. The molecule has 0 fully saturated rings. The Morgan fingerprint density at radius 1 is 1.59 bits per heavy atom. The molecule has 0 spiro atoms. The van der Waals surface area contributed by atoms with Crippen LogP contribution in [0.2, 0.25) is 0 Å². The van der Waals surface area contributed by atoms with Crippen LogP contribution in [0, 0.1) is 0 Å². The molecule has 0 saturated carbocycles. The molecule has 1 aromatic heterocycles. The van der Waals surface area contributed by atoms with Crippen LogP contribution >= 0.6 is 0 Å². The van der Waals surface area contributed by atoms with Crippen molar-refractivity contribution in [2.45, 2.75) is 13.0 Å². The first-order valence-electron chi connectivity index (χ1n) is 5.66. The summed E-state index contributed by atoms with van der Waals surface area (Å²) >= 11 is 0. The van der Waals surface area contributed by atoms with Gasteiger partial charge < -0.3 is 16.0 Å². The maximum Gasteiger partial charge on any atom is 0.273 e. The Kier molecular flexibility index (Phi) is 5.58. The number of hydrogen-bond donors (Lipinski definition) is 2. The summed E-state index contributed by atoms with van der Waals surface area (Å²) in [4.78, 5) is 13.7. The maximum absolute atomic E-state index is 11.6. The van der Waals surface area contributed by atoms with Crippen molar-refractivity contribution < 1.29 is 4.79 Å². The molecule has 0 radical (unpaired) electrons. The standard InChI is InChI=1S/C10H20N6O/c1-15(2)6-3-5-12-10(17)9-8-16(7-4-11)14-13-9/h8H,3-7,11H2,1-2H3,(H,12,17). The fourth-order valence-corrected chi connectivity index (χ4v) is 1.33. The molecule has 1 rings (SSSR count). The summed E-state index contributed by atoms with van der Waals surface area (Å²) in [5.74, 6) is -0.188. The predicted molar refractivity (Wildman–Crippen MR) is 64.6 cm³/mol. The highest BCUT2D eigenvalue weighted by Gasteiger charge is 2.09. The third kappa shape index (κ3) is 4.92. The normalized spacial score (nSPS) is 10.8. The Morgan fingerprint density at radius 3 is 3.00 bits per heavy atom. The molecule has 1 amide bonds. The third-order valence-electron chi connectivity index (χ3n) is 2.20. The zero-order valence-electron chi connectivity index (χ0n) is 10.4. The Labute approximate surface area is 101 Å². The minimum atomic E-state index is -0.188. The average Bonchev–Trinajstić information content (AvgIpc) is 2.73. The van der Waals surface area contributed by atoms with E-state index < -0.39 is 0 Å². The van der Waals surface area contributed by atoms with E-state index >= 15 is 0 Å². The van der Waals surface area contributed by atoms with E-state index in [1.807, 2.05) is 14.1 Å². The van der Waals surface area contributed by atoms with Crippen LogP contribution in [0.5, 0.6) is 0 Å². The number of carbonyl (C=O) groups excluding carboxylic acids is 1. The molecule has 17 heavy (non-hydrogen) atoms. The summed E-state index contributed by atoms with van der Waals surface area (Å²) in [7, 11) is 4.00. The quantitative estimate of drug-likeness (QED) is 0.592. The van der Waals surface area contributed by atoms with E-state index in [4.69, 9.17) is 5.73 Å². The first-order chi connectivity index (χ1) is 8.13. The second-order valence-electron chi connectivity index (χ2n) is 4.07. The molecule has 0 aliphatic carbocycles. The average molecular weight is 240 g/mol. The molecule has 0 unspecified atom stereocenters. The summed E-state index contributed by atoms with van der Waals surface area (Å²) in [5, 5.41) is 10.4. The lowest BCUT2D eigenvalue weighted by molar-refractivity contribution is 0.0947. The molecule has 0 aliphatic rings. The van der Waals surface area contributed by atoms with Crippen molar-refractivity contribution in [3.05, 3.63) is 11.9 Å². The van der Waals surface area contributed by atoms with Gasteiger partial charge in [0.2, 0.25) is 0 Å². The van der Waals surface area contributed by atoms with Gasteiger partial charge in [-0.2, -0.15) is 0 Å². The van der Waals surface area contributed by atoms with Gasteiger partial charge >= 0.3 is 0 Å². The van der Waals surface area contributed by atoms with E-state index in [1.54, 1.807) is 10.9 Å². The first kappa shape index (κ1) is 13.6. The second-order valence-corrected chi connectivity index (χ2v) is 4.07. The van der Waals surface area contributed by atoms with Crippen LogP contribution in [0.25, 0.3) is 0 Å². The summed E-state index contributed by atoms with van der Waals surface area (Å²) in [5.41, 5.74) is 5.72. The van der Waals surface area contributed by atoms with E-state index in [9.17, 15) is 4.79 Å². The fourth-order valence-electron chi connectivity index (χ4n) is 1.33. The number of carbonyl (C=O) groups is 1. The minimum absolute atomic E-state index is 0.188. The largest absolute Gasteiger partial charge is 0.351 e. The van der Waals surface area contributed by atoms with Crippen molar-refractivity contribution in [1.29, 1.82) is 0 Å². The topological polar surface area (TPSA) is 89.1 Å². The van der Waals surface area contributed by atoms with E-state index in [0.29, 0.717) is 25.3 Å². The summed E-state index contributed by atoms with van der Waals surface area (Å²) in [6.45, 7) is 2.63. The zero-order valence-corrected chi connectivity index (χ0v) is 10.4. The van der Waals surface area contributed by atoms with E-state index in [2.05, 4.69) is 20.5 Å². The van der Waals surface area contributed by atoms with Crippen LogP contribution in [0.1, 0.15) is 16.9 Å². The molecular weight excluding hydrogens is 220 g/mol. The number of nitrogens with one attached hydrogen (secondary N) is 1. The lowest BCUT2D eigenvalue weighted by Gasteiger charge is -2.08. The predicted octanol–water partition coefficient (Wildman–Crippen LogP) is -1.08. The monoisotopic (exact) mass is 240 g/mol. The number of nitrogens with two attached hydrogens (primary N) is 1. The molecule has 7 nitrogen and oxygen atoms in total. The molecule has 0 saturated heterocycles. The zero-order chi connectivity index (χ0) is 12.7. The molecule has 0 atom stereocenters. The minimum Gasteiger partial charge on any atom is -0.351 e. The molecule has 1 aromatic rings. The van der Waals surface area contributed by atoms with Gasteiger partial charge in [0.25, 0.3) is 5.91 Å². The van der Waals surface area contributed by atoms with Gasteiger partial charge in [-0.05, 0) is 27.1 Å². The van der Waals surface area contributed by atoms with Gasteiger partial charge in [0.15, 0.2) is 5.69 Å². The van der Waals surface area contributed by atoms with E-state index in [1.165, 1.54) is 0 Å². The van der Waals surface area contributed by atoms with Crippen molar-refractivity contribution in [3.8, 4) is 0 Å². The molecule has 96 valence electrons. The highest BCUT2D eigenvalue weighted by Crippen LogP contribution is 1.93. The van der Waals surface area contributed by atoms with Gasteiger partial charge in [0.05, 0.1) is 12.7 Å². The Balaban J connectivity index is 2.31. The van der Waals surface area contributed by atoms with Crippen molar-refractivity contribution in [2.75, 3.05) is 33.7 Å². The number of hydrogen-bond acceptors (Lipinski definition) is 5. The summed E-state index contributed by atoms with van der Waals surface area (Å²) in [6.07, 6.45) is 2.52. The molecule has 7 heteroatoms. The SMILES string of the molecule is CN(C)CCCNC(=O)c1cn(CCN)nn1. The van der Waals surface area contributed by atoms with Gasteiger partial charge in [0, 0.05) is 13.1 Å². The van der Waals surface area contributed by atoms with Gasteiger partial charge in [-0.1, -0.05) is 5.21 Å².